The van der Waals surface area contributed by atoms with Crippen molar-refractivity contribution in [1.29, 1.82) is 0 Å². The van der Waals surface area contributed by atoms with Crippen LogP contribution >= 0.6 is 0 Å². The van der Waals surface area contributed by atoms with Crippen molar-refractivity contribution < 1.29 is 47.3 Å². The highest BCUT2D eigenvalue weighted by molar-refractivity contribution is 5.68. The second-order valence-electron chi connectivity index (χ2n) is 7.13. The lowest BCUT2D eigenvalue weighted by atomic mass is 9.97. The third-order valence-electron chi connectivity index (χ3n) is 4.52. The number of halogens is 1. The molecule has 33 heavy (non-hydrogen) atoms. The first-order chi connectivity index (χ1) is 15.3. The Morgan fingerprint density at radius 2 is 1.42 bits per heavy atom. The molecule has 1 fully saturated rings. The molecule has 0 saturated carbocycles. The van der Waals surface area contributed by atoms with E-state index in [1.807, 2.05) is 4.98 Å². The van der Waals surface area contributed by atoms with E-state index in [1.165, 1.54) is 0 Å². The summed E-state index contributed by atoms with van der Waals surface area (Å²) < 4.78 is 41.5. The Labute approximate surface area is 185 Å². The summed E-state index contributed by atoms with van der Waals surface area (Å²) in [5.41, 5.74) is -2.74. The van der Waals surface area contributed by atoms with E-state index in [4.69, 9.17) is 23.7 Å². The number of esters is 4. The van der Waals surface area contributed by atoms with Gasteiger partial charge in [-0.25, -0.2) is 9.36 Å². The molecule has 0 radical (unpaired) electrons. The van der Waals surface area contributed by atoms with Gasteiger partial charge in [0.15, 0.2) is 24.5 Å². The maximum atomic E-state index is 15.0. The summed E-state index contributed by atoms with van der Waals surface area (Å²) >= 11 is 0. The minimum Gasteiger partial charge on any atom is -0.463 e. The zero-order valence-corrected chi connectivity index (χ0v) is 18.4. The van der Waals surface area contributed by atoms with Crippen LogP contribution in [0.5, 0.6) is 0 Å². The molecule has 1 aliphatic rings. The van der Waals surface area contributed by atoms with Crippen LogP contribution in [0.4, 0.5) is 4.39 Å². The maximum absolute atomic E-state index is 15.0. The summed E-state index contributed by atoms with van der Waals surface area (Å²) in [5, 5.41) is 0. The fourth-order valence-corrected chi connectivity index (χ4v) is 3.26. The van der Waals surface area contributed by atoms with Gasteiger partial charge in [-0.2, -0.15) is 4.39 Å². The van der Waals surface area contributed by atoms with E-state index in [1.54, 1.807) is 0 Å². The molecule has 182 valence electrons. The molecule has 1 saturated heterocycles. The average Bonchev–Trinajstić information content (AvgIpc) is 2.68. The number of carbonyl (C=O) groups is 4. The van der Waals surface area contributed by atoms with Gasteiger partial charge >= 0.3 is 29.6 Å². The van der Waals surface area contributed by atoms with Gasteiger partial charge in [0.2, 0.25) is 5.95 Å². The molecule has 5 atom stereocenters. The molecule has 1 aliphatic heterocycles. The molecule has 2 rings (SSSR count). The smallest absolute Gasteiger partial charge is 0.332 e. The Morgan fingerprint density at radius 1 is 0.909 bits per heavy atom. The van der Waals surface area contributed by atoms with Crippen LogP contribution in [-0.4, -0.2) is 64.5 Å². The van der Waals surface area contributed by atoms with E-state index < -0.39 is 83.9 Å². The van der Waals surface area contributed by atoms with E-state index in [0.29, 0.717) is 4.57 Å². The molecule has 0 bridgehead atoms. The second-order valence-corrected chi connectivity index (χ2v) is 7.13. The van der Waals surface area contributed by atoms with Crippen molar-refractivity contribution >= 4 is 23.9 Å². The van der Waals surface area contributed by atoms with Gasteiger partial charge < -0.3 is 23.7 Å². The summed E-state index contributed by atoms with van der Waals surface area (Å²) in [7, 11) is 0. The van der Waals surface area contributed by atoms with Gasteiger partial charge in [0.25, 0.3) is 5.56 Å². The predicted molar refractivity (Wildman–Crippen MR) is 103 cm³/mol. The largest absolute Gasteiger partial charge is 0.463 e. The molecule has 2 heterocycles. The molecular formula is C19H23FN2O11. The molecule has 1 N–H and O–H groups in total. The zero-order valence-electron chi connectivity index (χ0n) is 18.4. The maximum Gasteiger partial charge on any atom is 0.332 e. The van der Waals surface area contributed by atoms with Gasteiger partial charge in [0.1, 0.15) is 12.7 Å². The highest BCUT2D eigenvalue weighted by Gasteiger charge is 2.53. The van der Waals surface area contributed by atoms with Crippen LogP contribution in [0.15, 0.2) is 9.59 Å². The van der Waals surface area contributed by atoms with Crippen molar-refractivity contribution in [2.75, 3.05) is 6.61 Å². The second kappa shape index (κ2) is 10.4. The molecule has 14 heteroatoms. The van der Waals surface area contributed by atoms with Crippen LogP contribution in [0.2, 0.25) is 0 Å². The highest BCUT2D eigenvalue weighted by Crippen LogP contribution is 2.34. The van der Waals surface area contributed by atoms with Gasteiger partial charge in [0, 0.05) is 27.7 Å². The van der Waals surface area contributed by atoms with Gasteiger partial charge in [-0.3, -0.25) is 29.0 Å². The van der Waals surface area contributed by atoms with E-state index in [0.717, 1.165) is 34.6 Å². The number of hydrogen-bond acceptors (Lipinski definition) is 11. The van der Waals surface area contributed by atoms with Crippen LogP contribution in [0, 0.1) is 12.9 Å². The molecular weight excluding hydrogens is 451 g/mol. The lowest BCUT2D eigenvalue weighted by Crippen LogP contribution is -2.62. The summed E-state index contributed by atoms with van der Waals surface area (Å²) in [6, 6.07) is 0. The van der Waals surface area contributed by atoms with Crippen LogP contribution < -0.4 is 11.2 Å². The summed E-state index contributed by atoms with van der Waals surface area (Å²) in [6.45, 7) is 4.66. The van der Waals surface area contributed by atoms with Crippen molar-refractivity contribution in [2.45, 2.75) is 65.3 Å². The SMILES string of the molecule is CC(=O)OC[C@H]1O[C@@H](n2c(F)c(C)c(=O)[nH]c2=O)[C@H](OC(C)=O)[C@H](OC(C)=O)[C@@H]1OC(C)=O. The Morgan fingerprint density at radius 3 is 1.94 bits per heavy atom. The molecule has 0 spiro atoms. The Kier molecular flexibility index (Phi) is 8.08. The Hall–Kier alpha value is -3.55. The van der Waals surface area contributed by atoms with Crippen molar-refractivity contribution in [3.05, 3.63) is 32.3 Å². The lowest BCUT2D eigenvalue weighted by molar-refractivity contribution is -0.270. The number of carbonyl (C=O) groups excluding carboxylic acids is 4. The number of aromatic amines is 1. The van der Waals surface area contributed by atoms with Gasteiger partial charge in [-0.15, -0.1) is 0 Å². The normalized spacial score (nSPS) is 24.5. The highest BCUT2D eigenvalue weighted by atomic mass is 19.1. The first-order valence-corrected chi connectivity index (χ1v) is 9.64. The molecule has 0 amide bonds. The third kappa shape index (κ3) is 6.03. The van der Waals surface area contributed by atoms with Crippen molar-refractivity contribution in [3.63, 3.8) is 0 Å². The van der Waals surface area contributed by atoms with E-state index in [-0.39, 0.29) is 0 Å². The molecule has 1 aromatic rings. The Bertz CT molecular complexity index is 1060. The number of hydrogen-bond donors (Lipinski definition) is 1. The van der Waals surface area contributed by atoms with E-state index in [9.17, 15) is 28.8 Å². The van der Waals surface area contributed by atoms with Crippen LogP contribution in [0.1, 0.15) is 39.5 Å². The first-order valence-electron chi connectivity index (χ1n) is 9.64. The van der Waals surface area contributed by atoms with Crippen molar-refractivity contribution in [1.82, 2.24) is 9.55 Å². The number of aromatic nitrogens is 2. The minimum atomic E-state index is -1.81. The van der Waals surface area contributed by atoms with Crippen LogP contribution in [0.25, 0.3) is 0 Å². The predicted octanol–water partition coefficient (Wildman–Crippen LogP) is -0.760. The zero-order chi connectivity index (χ0) is 25.0. The van der Waals surface area contributed by atoms with Crippen molar-refractivity contribution in [2.24, 2.45) is 0 Å². The molecule has 0 aromatic carbocycles. The summed E-state index contributed by atoms with van der Waals surface area (Å²) in [5.74, 6) is -4.74. The molecule has 1 aromatic heterocycles. The van der Waals surface area contributed by atoms with Crippen LogP contribution in [0.3, 0.4) is 0 Å². The summed E-state index contributed by atoms with van der Waals surface area (Å²) in [4.78, 5) is 72.8. The monoisotopic (exact) mass is 474 g/mol. The molecule has 13 nitrogen and oxygen atoms in total. The van der Waals surface area contributed by atoms with Crippen LogP contribution in [-0.2, 0) is 42.9 Å². The topological polar surface area (TPSA) is 169 Å². The number of ether oxygens (including phenoxy) is 5. The lowest BCUT2D eigenvalue weighted by Gasteiger charge is -2.44. The van der Waals surface area contributed by atoms with Gasteiger partial charge in [0.05, 0.1) is 5.56 Å². The Balaban J connectivity index is 2.72. The van der Waals surface area contributed by atoms with Crippen molar-refractivity contribution in [3.8, 4) is 0 Å². The molecule has 0 unspecified atom stereocenters. The number of nitrogens with one attached hydrogen (secondary N) is 1. The van der Waals surface area contributed by atoms with Gasteiger partial charge in [-0.1, -0.05) is 0 Å². The van der Waals surface area contributed by atoms with E-state index >= 15 is 4.39 Å². The average molecular weight is 474 g/mol. The third-order valence-corrected chi connectivity index (χ3v) is 4.52. The molecule has 0 aliphatic carbocycles. The quantitative estimate of drug-likeness (QED) is 0.312. The first kappa shape index (κ1) is 25.7. The fraction of sp³-hybridized carbons (Fsp3) is 0.579. The van der Waals surface area contributed by atoms with Gasteiger partial charge in [-0.05, 0) is 6.92 Å². The number of rotatable bonds is 6. The number of H-pyrrole nitrogens is 1. The fourth-order valence-electron chi connectivity index (χ4n) is 3.26. The number of nitrogens with zero attached hydrogens (tertiary/aromatic N) is 1. The van der Waals surface area contributed by atoms with E-state index in [2.05, 4.69) is 0 Å². The minimum absolute atomic E-state index is 0.353. The standard InChI is InChI=1S/C19H23FN2O11/c1-7-16(20)22(19(28)21-17(7)27)18-15(32-11(5)26)14(31-10(4)25)13(30-9(3)24)12(33-18)6-29-8(2)23/h12-15,18H,6H2,1-5H3,(H,21,27,28)/t12-,13-,14-,15-,18-/m1/s1. The summed E-state index contributed by atoms with van der Waals surface area (Å²) in [6.07, 6.45) is -7.99.